The van der Waals surface area contributed by atoms with E-state index in [0.717, 1.165) is 18.2 Å². The molecule has 0 heterocycles. The summed E-state index contributed by atoms with van der Waals surface area (Å²) in [5.74, 6) is -2.88. The minimum atomic E-state index is -1.33. The molecule has 9 nitrogen and oxygen atoms in total. The van der Waals surface area contributed by atoms with Gasteiger partial charge in [-0.1, -0.05) is 19.7 Å². The molecule has 0 atom stereocenters. The first kappa shape index (κ1) is 23.1. The fourth-order valence-corrected chi connectivity index (χ4v) is 1.52. The fraction of sp³-hybridized carbons (Fsp3) is 0.412. The van der Waals surface area contributed by atoms with Crippen molar-refractivity contribution in [2.45, 2.75) is 6.42 Å². The second-order valence-electron chi connectivity index (χ2n) is 5.13. The Kier molecular flexibility index (Phi) is 11.0. The largest absolute Gasteiger partial charge is 0.465 e. The Labute approximate surface area is 151 Å². The van der Waals surface area contributed by atoms with E-state index in [9.17, 15) is 19.2 Å². The monoisotopic (exact) mass is 369 g/mol. The Bertz CT molecular complexity index is 495. The van der Waals surface area contributed by atoms with Crippen LogP contribution in [0.25, 0.3) is 0 Å². The van der Waals surface area contributed by atoms with Crippen molar-refractivity contribution in [2.75, 3.05) is 33.0 Å². The zero-order valence-corrected chi connectivity index (χ0v) is 14.4. The molecule has 0 bridgehead atoms. The van der Waals surface area contributed by atoms with Crippen LogP contribution in [0.4, 0.5) is 0 Å². The third-order valence-corrected chi connectivity index (χ3v) is 2.95. The van der Waals surface area contributed by atoms with Crippen LogP contribution in [-0.2, 0) is 38.1 Å². The van der Waals surface area contributed by atoms with E-state index >= 15 is 0 Å². The first-order chi connectivity index (χ1) is 12.3. The van der Waals surface area contributed by atoms with Gasteiger partial charge in [-0.3, -0.25) is 4.79 Å². The van der Waals surface area contributed by atoms with Gasteiger partial charge in [0, 0.05) is 24.8 Å². The summed E-state index contributed by atoms with van der Waals surface area (Å²) in [4.78, 5) is 45.7. The summed E-state index contributed by atoms with van der Waals surface area (Å²) < 4.78 is 20.0. The maximum Gasteiger partial charge on any atom is 0.330 e. The average Bonchev–Trinajstić information content (AvgIpc) is 2.65. The zero-order chi connectivity index (χ0) is 20.0. The molecule has 144 valence electrons. The minimum Gasteiger partial charge on any atom is -0.465 e. The molecule has 0 rings (SSSR count). The summed E-state index contributed by atoms with van der Waals surface area (Å²) in [5.41, 5.74) is 3.94. The highest BCUT2D eigenvalue weighted by atomic mass is 16.6. The smallest absolute Gasteiger partial charge is 0.330 e. The van der Waals surface area contributed by atoms with Crippen molar-refractivity contribution in [2.24, 2.45) is 11.1 Å². The number of rotatable bonds is 13. The summed E-state index contributed by atoms with van der Waals surface area (Å²) in [6, 6.07) is 0. The molecule has 0 spiro atoms. The fourth-order valence-electron chi connectivity index (χ4n) is 1.52. The van der Waals surface area contributed by atoms with Crippen molar-refractivity contribution in [1.82, 2.24) is 0 Å². The third-order valence-electron chi connectivity index (χ3n) is 2.95. The average molecular weight is 369 g/mol. The van der Waals surface area contributed by atoms with Gasteiger partial charge in [0.1, 0.15) is 31.8 Å². The summed E-state index contributed by atoms with van der Waals surface area (Å²) in [7, 11) is 0. The Hall–Kier alpha value is -2.94. The molecule has 0 aliphatic carbocycles. The molecular formula is C17H23NO8. The predicted octanol–water partition coefficient (Wildman–Crippen LogP) is 0.0524. The molecular weight excluding hydrogens is 346 g/mol. The van der Waals surface area contributed by atoms with Gasteiger partial charge in [-0.05, 0) is 0 Å². The summed E-state index contributed by atoms with van der Waals surface area (Å²) in [5, 5.41) is 0. The van der Waals surface area contributed by atoms with E-state index in [1.54, 1.807) is 0 Å². The molecule has 0 radical (unpaired) electrons. The Morgan fingerprint density at radius 1 is 0.731 bits per heavy atom. The molecule has 0 amide bonds. The molecule has 0 saturated carbocycles. The van der Waals surface area contributed by atoms with Crippen LogP contribution in [0.1, 0.15) is 6.42 Å². The van der Waals surface area contributed by atoms with Gasteiger partial charge in [0.2, 0.25) is 0 Å². The molecule has 0 aliphatic heterocycles. The van der Waals surface area contributed by atoms with Gasteiger partial charge in [0.15, 0.2) is 0 Å². The number of esters is 4. The zero-order valence-electron chi connectivity index (χ0n) is 14.4. The SMILES string of the molecule is C=CC(=O)OCC(COC(=O)C=C)(COC(=O)C=C)COC(=O)CCN. The van der Waals surface area contributed by atoms with E-state index in [2.05, 4.69) is 19.7 Å². The highest BCUT2D eigenvalue weighted by molar-refractivity contribution is 5.82. The molecule has 0 aliphatic rings. The van der Waals surface area contributed by atoms with Crippen molar-refractivity contribution in [3.63, 3.8) is 0 Å². The number of nitrogens with two attached hydrogens (primary N) is 1. The first-order valence-corrected chi connectivity index (χ1v) is 7.55. The predicted molar refractivity (Wildman–Crippen MR) is 90.5 cm³/mol. The lowest BCUT2D eigenvalue weighted by atomic mass is 9.92. The van der Waals surface area contributed by atoms with Crippen LogP contribution >= 0.6 is 0 Å². The van der Waals surface area contributed by atoms with E-state index in [1.807, 2.05) is 0 Å². The summed E-state index contributed by atoms with van der Waals surface area (Å²) >= 11 is 0. The second-order valence-corrected chi connectivity index (χ2v) is 5.13. The van der Waals surface area contributed by atoms with Crippen LogP contribution in [0.15, 0.2) is 38.0 Å². The number of ether oxygens (including phenoxy) is 4. The summed E-state index contributed by atoms with van der Waals surface area (Å²) in [6.45, 7) is 8.40. The minimum absolute atomic E-state index is 0.0403. The molecule has 0 fully saturated rings. The lowest BCUT2D eigenvalue weighted by molar-refractivity contribution is -0.166. The van der Waals surface area contributed by atoms with Crippen molar-refractivity contribution < 1.29 is 38.1 Å². The molecule has 2 N–H and O–H groups in total. The van der Waals surface area contributed by atoms with Crippen LogP contribution in [0.3, 0.4) is 0 Å². The molecule has 9 heteroatoms. The standard InChI is InChI=1S/C17H23NO8/c1-4-13(19)23-9-17(10-24-14(20)5-2,11-25-15(21)6-3)12-26-16(22)7-8-18/h4-6H,1-3,7-12,18H2. The van der Waals surface area contributed by atoms with Crippen LogP contribution in [0.5, 0.6) is 0 Å². The van der Waals surface area contributed by atoms with E-state index < -0.39 is 29.3 Å². The van der Waals surface area contributed by atoms with E-state index in [1.165, 1.54) is 0 Å². The van der Waals surface area contributed by atoms with E-state index in [4.69, 9.17) is 24.7 Å². The van der Waals surface area contributed by atoms with Gasteiger partial charge >= 0.3 is 23.9 Å². The lowest BCUT2D eigenvalue weighted by Crippen LogP contribution is -2.43. The van der Waals surface area contributed by atoms with Crippen LogP contribution < -0.4 is 5.73 Å². The molecule has 26 heavy (non-hydrogen) atoms. The normalized spacial score (nSPS) is 10.2. The van der Waals surface area contributed by atoms with Gasteiger partial charge in [0.05, 0.1) is 6.42 Å². The Morgan fingerprint density at radius 3 is 1.38 bits per heavy atom. The lowest BCUT2D eigenvalue weighted by Gasteiger charge is -2.31. The number of hydrogen-bond donors (Lipinski definition) is 1. The molecule has 0 aromatic carbocycles. The van der Waals surface area contributed by atoms with Crippen LogP contribution in [0.2, 0.25) is 0 Å². The van der Waals surface area contributed by atoms with Crippen molar-refractivity contribution >= 4 is 23.9 Å². The molecule has 0 saturated heterocycles. The van der Waals surface area contributed by atoms with Gasteiger partial charge in [-0.25, -0.2) is 14.4 Å². The van der Waals surface area contributed by atoms with E-state index in [0.29, 0.717) is 0 Å². The van der Waals surface area contributed by atoms with Crippen LogP contribution in [0, 0.1) is 5.41 Å². The summed E-state index contributed by atoms with van der Waals surface area (Å²) in [6.07, 6.45) is 2.74. The number of carbonyl (C=O) groups is 4. The Balaban J connectivity index is 5.34. The highest BCUT2D eigenvalue weighted by Crippen LogP contribution is 2.21. The maximum atomic E-state index is 11.6. The van der Waals surface area contributed by atoms with E-state index in [-0.39, 0.29) is 39.4 Å². The molecule has 0 unspecified atom stereocenters. The first-order valence-electron chi connectivity index (χ1n) is 7.55. The Morgan fingerprint density at radius 2 is 1.08 bits per heavy atom. The van der Waals surface area contributed by atoms with Crippen molar-refractivity contribution in [3.8, 4) is 0 Å². The number of carbonyl (C=O) groups excluding carboxylic acids is 4. The molecule has 0 aromatic heterocycles. The topological polar surface area (TPSA) is 131 Å². The van der Waals surface area contributed by atoms with Crippen molar-refractivity contribution in [1.29, 1.82) is 0 Å². The maximum absolute atomic E-state index is 11.6. The van der Waals surface area contributed by atoms with Gasteiger partial charge in [-0.15, -0.1) is 0 Å². The third kappa shape index (κ3) is 9.38. The van der Waals surface area contributed by atoms with Gasteiger partial charge in [-0.2, -0.15) is 0 Å². The van der Waals surface area contributed by atoms with Gasteiger partial charge in [0.25, 0.3) is 0 Å². The quantitative estimate of drug-likeness (QED) is 0.272. The second kappa shape index (κ2) is 12.4. The number of hydrogen-bond acceptors (Lipinski definition) is 9. The van der Waals surface area contributed by atoms with Crippen molar-refractivity contribution in [3.05, 3.63) is 38.0 Å². The molecule has 0 aromatic rings. The van der Waals surface area contributed by atoms with Gasteiger partial charge < -0.3 is 24.7 Å². The highest BCUT2D eigenvalue weighted by Gasteiger charge is 2.37. The van der Waals surface area contributed by atoms with Crippen LogP contribution in [-0.4, -0.2) is 56.8 Å².